The number of allylic oxidation sites excluding steroid dienone is 8. The third-order valence-corrected chi connectivity index (χ3v) is 5.86. The van der Waals surface area contributed by atoms with Gasteiger partial charge in [0.1, 0.15) is 5.76 Å². The first-order valence-corrected chi connectivity index (χ1v) is 9.60. The molecule has 1 atom stereocenters. The van der Waals surface area contributed by atoms with Gasteiger partial charge >= 0.3 is 0 Å². The van der Waals surface area contributed by atoms with Crippen LogP contribution in [0.1, 0.15) is 29.2 Å². The number of aliphatic hydroxyl groups is 1. The van der Waals surface area contributed by atoms with Crippen molar-refractivity contribution in [3.63, 3.8) is 0 Å². The predicted molar refractivity (Wildman–Crippen MR) is 103 cm³/mol. The minimum absolute atomic E-state index is 0.0400. The fourth-order valence-electron chi connectivity index (χ4n) is 3.19. The minimum atomic E-state index is -0.392. The summed E-state index contributed by atoms with van der Waals surface area (Å²) >= 11 is 3.46. The molecule has 3 rings (SSSR count). The summed E-state index contributed by atoms with van der Waals surface area (Å²) < 4.78 is 0. The third-order valence-electron chi connectivity index (χ3n) is 4.10. The summed E-state index contributed by atoms with van der Waals surface area (Å²) in [6, 6.07) is 4.20. The van der Waals surface area contributed by atoms with Crippen molar-refractivity contribution in [3.05, 3.63) is 72.4 Å². The van der Waals surface area contributed by atoms with Gasteiger partial charge in [0.2, 0.25) is 21.1 Å². The zero-order valence-electron chi connectivity index (χ0n) is 14.3. The van der Waals surface area contributed by atoms with Crippen LogP contribution in [0, 0.1) is 19.8 Å². The van der Waals surface area contributed by atoms with E-state index >= 15 is 0 Å². The SMILES string of the molecule is CC1=CC(=CC2=C(O)C(Cc3cc(C)[s+]c(C)c3)C2=O)C=C(C)S1. The number of aliphatic hydroxyl groups excluding tert-OH is 1. The topological polar surface area (TPSA) is 37.3 Å². The van der Waals surface area contributed by atoms with Gasteiger partial charge in [0.25, 0.3) is 0 Å². The van der Waals surface area contributed by atoms with Gasteiger partial charge in [0.15, 0.2) is 5.78 Å². The minimum Gasteiger partial charge on any atom is -0.511 e. The van der Waals surface area contributed by atoms with E-state index in [1.165, 1.54) is 19.6 Å². The Hall–Kier alpha value is -1.65. The molecule has 0 fully saturated rings. The molecular weight excluding hydrogens is 336 g/mol. The molecule has 0 amide bonds. The van der Waals surface area contributed by atoms with Crippen LogP contribution < -0.4 is 0 Å². The lowest BCUT2D eigenvalue weighted by molar-refractivity contribution is -0.121. The molecule has 1 aliphatic carbocycles. The van der Waals surface area contributed by atoms with Crippen LogP contribution in [0.2, 0.25) is 0 Å². The molecule has 0 spiro atoms. The highest BCUT2D eigenvalue weighted by Gasteiger charge is 2.38. The summed E-state index contributed by atoms with van der Waals surface area (Å²) in [6.45, 7) is 8.24. The van der Waals surface area contributed by atoms with Crippen LogP contribution in [0.5, 0.6) is 0 Å². The fourth-order valence-corrected chi connectivity index (χ4v) is 5.01. The lowest BCUT2D eigenvalue weighted by Crippen LogP contribution is -2.32. The van der Waals surface area contributed by atoms with Crippen molar-refractivity contribution in [2.45, 2.75) is 34.1 Å². The second-order valence-electron chi connectivity index (χ2n) is 6.36. The van der Waals surface area contributed by atoms with Gasteiger partial charge in [-0.25, -0.2) is 0 Å². The number of carbonyl (C=O) groups excluding carboxylic acids is 1. The summed E-state index contributed by atoms with van der Waals surface area (Å²) in [5.74, 6) is -0.125. The summed E-state index contributed by atoms with van der Waals surface area (Å²) in [4.78, 5) is 17.3. The predicted octanol–water partition coefficient (Wildman–Crippen LogP) is 5.68. The standard InChI is InChI=1S/C20H20O2S2/c1-11-5-15(6-12(2)23-11)9-17-19(21)18(20(17)22)10-16-7-13(3)24-14(4)8-16/h5-9,18H,10H2,1-4H3/p+1. The molecule has 1 aromatic rings. The summed E-state index contributed by atoms with van der Waals surface area (Å²) in [5.41, 5.74) is 2.55. The molecule has 124 valence electrons. The van der Waals surface area contributed by atoms with Gasteiger partial charge in [-0.15, -0.1) is 0 Å². The number of hydrogen-bond donors (Lipinski definition) is 1. The van der Waals surface area contributed by atoms with Gasteiger partial charge in [0, 0.05) is 26.0 Å². The van der Waals surface area contributed by atoms with Crippen molar-refractivity contribution in [1.82, 2.24) is 0 Å². The highest BCUT2D eigenvalue weighted by molar-refractivity contribution is 8.06. The zero-order valence-corrected chi connectivity index (χ0v) is 16.0. The van der Waals surface area contributed by atoms with E-state index in [-0.39, 0.29) is 11.5 Å². The maximum Gasteiger partial charge on any atom is 0.217 e. The normalized spacial score (nSPS) is 20.6. The third kappa shape index (κ3) is 3.55. The van der Waals surface area contributed by atoms with Gasteiger partial charge in [0.05, 0.1) is 11.5 Å². The molecule has 2 aliphatic rings. The number of carbonyl (C=O) groups is 1. The molecule has 4 heteroatoms. The molecule has 1 aliphatic heterocycles. The Labute approximate surface area is 151 Å². The molecule has 0 saturated heterocycles. The highest BCUT2D eigenvalue weighted by Crippen LogP contribution is 2.37. The van der Waals surface area contributed by atoms with E-state index in [1.54, 1.807) is 23.1 Å². The Morgan fingerprint density at radius 2 is 1.71 bits per heavy atom. The van der Waals surface area contributed by atoms with E-state index < -0.39 is 5.92 Å². The second-order valence-corrected chi connectivity index (χ2v) is 9.35. The van der Waals surface area contributed by atoms with Crippen LogP contribution in [0.4, 0.5) is 0 Å². The average Bonchev–Trinajstić information content (AvgIpc) is 2.48. The van der Waals surface area contributed by atoms with E-state index in [9.17, 15) is 9.90 Å². The Morgan fingerprint density at radius 1 is 1.12 bits per heavy atom. The molecule has 2 heterocycles. The maximum absolute atomic E-state index is 12.5. The summed E-state index contributed by atoms with van der Waals surface area (Å²) in [5, 5.41) is 10.4. The summed E-state index contributed by atoms with van der Waals surface area (Å²) in [6.07, 6.45) is 6.48. The average molecular weight is 358 g/mol. The quantitative estimate of drug-likeness (QED) is 0.707. The van der Waals surface area contributed by atoms with Crippen molar-refractivity contribution in [2.24, 2.45) is 5.92 Å². The molecule has 0 aromatic carbocycles. The smallest absolute Gasteiger partial charge is 0.217 e. The fraction of sp³-hybridized carbons (Fsp3) is 0.300. The molecule has 1 aromatic heterocycles. The number of ketones is 1. The number of rotatable bonds is 3. The lowest BCUT2D eigenvalue weighted by Gasteiger charge is -2.26. The first kappa shape index (κ1) is 17.2. The van der Waals surface area contributed by atoms with Crippen molar-refractivity contribution in [3.8, 4) is 0 Å². The highest BCUT2D eigenvalue weighted by atomic mass is 32.2. The van der Waals surface area contributed by atoms with Crippen molar-refractivity contribution in [1.29, 1.82) is 0 Å². The van der Waals surface area contributed by atoms with Crippen LogP contribution >= 0.6 is 23.1 Å². The van der Waals surface area contributed by atoms with Gasteiger partial charge in [-0.1, -0.05) is 11.8 Å². The molecule has 24 heavy (non-hydrogen) atoms. The lowest BCUT2D eigenvalue weighted by atomic mass is 9.78. The van der Waals surface area contributed by atoms with E-state index in [0.717, 1.165) is 11.1 Å². The molecule has 0 bridgehead atoms. The molecule has 1 N–H and O–H groups in total. The van der Waals surface area contributed by atoms with Crippen molar-refractivity contribution in [2.75, 3.05) is 0 Å². The van der Waals surface area contributed by atoms with Crippen LogP contribution in [0.15, 0.2) is 57.1 Å². The number of aryl methyl sites for hydroxylation is 2. The van der Waals surface area contributed by atoms with Crippen LogP contribution in [0.3, 0.4) is 0 Å². The van der Waals surface area contributed by atoms with E-state index in [0.29, 0.717) is 12.0 Å². The molecule has 0 radical (unpaired) electrons. The van der Waals surface area contributed by atoms with Crippen molar-refractivity contribution < 1.29 is 9.90 Å². The largest absolute Gasteiger partial charge is 0.511 e. The maximum atomic E-state index is 12.5. The second kappa shape index (κ2) is 6.69. The van der Waals surface area contributed by atoms with Gasteiger partial charge in [-0.05, 0) is 59.4 Å². The molecule has 1 unspecified atom stereocenters. The first-order valence-electron chi connectivity index (χ1n) is 7.97. The Bertz CT molecular complexity index is 801. The monoisotopic (exact) mass is 357 g/mol. The number of Topliss-reactive ketones (excluding diaryl/α,β-unsaturated/α-hetero) is 1. The van der Waals surface area contributed by atoms with Crippen LogP contribution in [-0.2, 0) is 11.2 Å². The zero-order chi connectivity index (χ0) is 17.4. The van der Waals surface area contributed by atoms with Gasteiger partial charge < -0.3 is 5.11 Å². The van der Waals surface area contributed by atoms with Gasteiger partial charge in [-0.3, -0.25) is 4.79 Å². The van der Waals surface area contributed by atoms with E-state index in [2.05, 4.69) is 39.8 Å². The Balaban J connectivity index is 1.83. The molecule has 0 saturated carbocycles. The number of thioether (sulfide) groups is 1. The van der Waals surface area contributed by atoms with E-state index in [1.807, 2.05) is 18.2 Å². The van der Waals surface area contributed by atoms with Gasteiger partial charge in [-0.2, -0.15) is 0 Å². The molecule has 2 nitrogen and oxygen atoms in total. The Kier molecular flexibility index (Phi) is 4.79. The summed E-state index contributed by atoms with van der Waals surface area (Å²) in [7, 11) is 0. The van der Waals surface area contributed by atoms with Crippen LogP contribution in [-0.4, -0.2) is 10.9 Å². The van der Waals surface area contributed by atoms with Crippen molar-refractivity contribution >= 4 is 28.9 Å². The first-order chi connectivity index (χ1) is 11.3. The van der Waals surface area contributed by atoms with Crippen LogP contribution in [0.25, 0.3) is 0 Å². The Morgan fingerprint density at radius 3 is 2.25 bits per heavy atom. The number of hydrogen-bond acceptors (Lipinski definition) is 3. The molecular formula is C20H21O2S2+. The van der Waals surface area contributed by atoms with E-state index in [4.69, 9.17) is 0 Å².